The molecule has 2 aromatic rings. The summed E-state index contributed by atoms with van der Waals surface area (Å²) in [6, 6.07) is 8.70. The molecule has 0 bridgehead atoms. The number of imide groups is 1. The minimum atomic E-state index is -0.482. The predicted octanol–water partition coefficient (Wildman–Crippen LogP) is 4.38. The van der Waals surface area contributed by atoms with Gasteiger partial charge < -0.3 is 5.32 Å². The average molecular weight is 393 g/mol. The number of para-hydroxylation sites is 1. The first-order valence-electron chi connectivity index (χ1n) is 7.29. The summed E-state index contributed by atoms with van der Waals surface area (Å²) < 4.78 is 0. The first-order valence-corrected chi connectivity index (χ1v) is 9.37. The largest absolute Gasteiger partial charge is 0.323 e. The molecule has 5 nitrogen and oxygen atoms in total. The van der Waals surface area contributed by atoms with Gasteiger partial charge in [0.25, 0.3) is 11.1 Å². The lowest BCUT2D eigenvalue weighted by Crippen LogP contribution is -2.36. The zero-order valence-corrected chi connectivity index (χ0v) is 15.5. The highest BCUT2D eigenvalue weighted by molar-refractivity contribution is 8.18. The Bertz CT molecular complexity index is 892. The monoisotopic (exact) mass is 392 g/mol. The van der Waals surface area contributed by atoms with Gasteiger partial charge in [0.15, 0.2) is 0 Å². The fourth-order valence-corrected chi connectivity index (χ4v) is 4.12. The Kier molecular flexibility index (Phi) is 5.27. The van der Waals surface area contributed by atoms with Crippen LogP contribution in [0.2, 0.25) is 5.02 Å². The first-order chi connectivity index (χ1) is 12.0. The molecule has 1 fully saturated rings. The van der Waals surface area contributed by atoms with Crippen molar-refractivity contribution in [3.8, 4) is 0 Å². The fourth-order valence-electron chi connectivity index (χ4n) is 2.18. The Labute approximate surface area is 157 Å². The average Bonchev–Trinajstić information content (AvgIpc) is 3.08. The SMILES string of the molecule is Cc1ccsc1/C=C1/SC(=O)N(CC(=O)Nc2ccccc2Cl)C1=O. The molecule has 2 heterocycles. The van der Waals surface area contributed by atoms with Crippen molar-refractivity contribution < 1.29 is 14.4 Å². The van der Waals surface area contributed by atoms with Crippen molar-refractivity contribution >= 4 is 63.5 Å². The Morgan fingerprint density at radius 3 is 2.72 bits per heavy atom. The van der Waals surface area contributed by atoms with Crippen molar-refractivity contribution in [2.45, 2.75) is 6.92 Å². The molecule has 3 rings (SSSR count). The van der Waals surface area contributed by atoms with Crippen LogP contribution in [-0.2, 0) is 9.59 Å². The fraction of sp³-hybridized carbons (Fsp3) is 0.118. The molecule has 1 aromatic heterocycles. The van der Waals surface area contributed by atoms with Gasteiger partial charge in [0.1, 0.15) is 6.54 Å². The molecule has 1 aliphatic heterocycles. The molecule has 0 spiro atoms. The van der Waals surface area contributed by atoms with Crippen molar-refractivity contribution in [3.63, 3.8) is 0 Å². The summed E-state index contributed by atoms with van der Waals surface area (Å²) in [6.07, 6.45) is 1.69. The van der Waals surface area contributed by atoms with E-state index in [2.05, 4.69) is 5.32 Å². The van der Waals surface area contributed by atoms with Crippen LogP contribution in [-0.4, -0.2) is 28.5 Å². The number of nitrogens with zero attached hydrogens (tertiary/aromatic N) is 1. The number of rotatable bonds is 4. The van der Waals surface area contributed by atoms with E-state index in [9.17, 15) is 14.4 Å². The number of anilines is 1. The number of carbonyl (C=O) groups excluding carboxylic acids is 3. The molecule has 1 N–H and O–H groups in total. The molecular formula is C17H13ClN2O3S2. The molecule has 8 heteroatoms. The summed E-state index contributed by atoms with van der Waals surface area (Å²) in [7, 11) is 0. The second-order valence-electron chi connectivity index (χ2n) is 5.26. The van der Waals surface area contributed by atoms with Gasteiger partial charge in [0.2, 0.25) is 5.91 Å². The van der Waals surface area contributed by atoms with Crippen LogP contribution < -0.4 is 5.32 Å². The summed E-state index contributed by atoms with van der Waals surface area (Å²) in [6.45, 7) is 1.58. The van der Waals surface area contributed by atoms with Crippen LogP contribution in [0.4, 0.5) is 10.5 Å². The van der Waals surface area contributed by atoms with E-state index < -0.39 is 17.1 Å². The van der Waals surface area contributed by atoms with E-state index in [1.54, 1.807) is 30.3 Å². The number of halogens is 1. The summed E-state index contributed by atoms with van der Waals surface area (Å²) >= 11 is 8.32. The highest BCUT2D eigenvalue weighted by atomic mass is 35.5. The van der Waals surface area contributed by atoms with Crippen molar-refractivity contribution in [2.24, 2.45) is 0 Å². The minimum absolute atomic E-state index is 0.320. The van der Waals surface area contributed by atoms with Gasteiger partial charge in [-0.1, -0.05) is 23.7 Å². The number of nitrogens with one attached hydrogen (secondary N) is 1. The Balaban J connectivity index is 1.71. The molecule has 0 atom stereocenters. The van der Waals surface area contributed by atoms with Gasteiger partial charge in [0.05, 0.1) is 15.6 Å². The normalized spacial score (nSPS) is 15.9. The molecule has 25 heavy (non-hydrogen) atoms. The molecule has 0 radical (unpaired) electrons. The second-order valence-corrected chi connectivity index (χ2v) is 7.61. The predicted molar refractivity (Wildman–Crippen MR) is 102 cm³/mol. The molecule has 128 valence electrons. The van der Waals surface area contributed by atoms with E-state index >= 15 is 0 Å². The number of aryl methyl sites for hydroxylation is 1. The number of benzene rings is 1. The van der Waals surface area contributed by atoms with Crippen molar-refractivity contribution in [1.29, 1.82) is 0 Å². The molecular weight excluding hydrogens is 380 g/mol. The number of hydrogen-bond acceptors (Lipinski definition) is 5. The van der Waals surface area contributed by atoms with Gasteiger partial charge >= 0.3 is 0 Å². The quantitative estimate of drug-likeness (QED) is 0.784. The van der Waals surface area contributed by atoms with Gasteiger partial charge in [-0.15, -0.1) is 11.3 Å². The Hall–Kier alpha value is -2.09. The van der Waals surface area contributed by atoms with E-state index in [0.717, 1.165) is 27.1 Å². The van der Waals surface area contributed by atoms with Gasteiger partial charge in [-0.25, -0.2) is 0 Å². The smallest absolute Gasteiger partial charge is 0.294 e. The molecule has 1 aliphatic rings. The van der Waals surface area contributed by atoms with E-state index in [-0.39, 0.29) is 6.54 Å². The van der Waals surface area contributed by atoms with Crippen LogP contribution in [0.15, 0.2) is 40.6 Å². The highest BCUT2D eigenvalue weighted by Crippen LogP contribution is 2.33. The summed E-state index contributed by atoms with van der Waals surface area (Å²) in [5, 5.41) is 4.45. The van der Waals surface area contributed by atoms with Gasteiger partial charge in [-0.2, -0.15) is 0 Å². The lowest BCUT2D eigenvalue weighted by atomic mass is 10.2. The van der Waals surface area contributed by atoms with Crippen LogP contribution in [0.25, 0.3) is 6.08 Å². The van der Waals surface area contributed by atoms with Crippen LogP contribution >= 0.6 is 34.7 Å². The summed E-state index contributed by atoms with van der Waals surface area (Å²) in [5.41, 5.74) is 1.47. The van der Waals surface area contributed by atoms with E-state index in [4.69, 9.17) is 11.6 Å². The third kappa shape index (κ3) is 3.95. The molecule has 1 saturated heterocycles. The number of carbonyl (C=O) groups is 3. The Morgan fingerprint density at radius 1 is 1.28 bits per heavy atom. The number of amides is 3. The molecule has 1 aromatic carbocycles. The molecule has 3 amide bonds. The van der Waals surface area contributed by atoms with E-state index in [0.29, 0.717) is 15.6 Å². The van der Waals surface area contributed by atoms with E-state index in [1.165, 1.54) is 11.3 Å². The zero-order valence-electron chi connectivity index (χ0n) is 13.1. The molecule has 0 unspecified atom stereocenters. The molecule has 0 saturated carbocycles. The van der Waals surface area contributed by atoms with Gasteiger partial charge in [-0.05, 0) is 53.9 Å². The minimum Gasteiger partial charge on any atom is -0.323 e. The third-order valence-electron chi connectivity index (χ3n) is 3.49. The van der Waals surface area contributed by atoms with Crippen LogP contribution in [0.1, 0.15) is 10.4 Å². The second kappa shape index (κ2) is 7.43. The Morgan fingerprint density at radius 2 is 2.04 bits per heavy atom. The zero-order chi connectivity index (χ0) is 18.0. The summed E-state index contributed by atoms with van der Waals surface area (Å²) in [4.78, 5) is 38.8. The maximum absolute atomic E-state index is 12.4. The highest BCUT2D eigenvalue weighted by Gasteiger charge is 2.36. The number of hydrogen-bond donors (Lipinski definition) is 1. The lowest BCUT2D eigenvalue weighted by Gasteiger charge is -2.13. The standard InChI is InChI=1S/C17H13ClN2O3S2/c1-10-6-7-24-13(10)8-14-16(22)20(17(23)25-14)9-15(21)19-12-5-3-2-4-11(12)18/h2-8H,9H2,1H3,(H,19,21)/b14-8+. The van der Waals surface area contributed by atoms with Crippen LogP contribution in [0.5, 0.6) is 0 Å². The third-order valence-corrected chi connectivity index (χ3v) is 5.69. The maximum Gasteiger partial charge on any atom is 0.294 e. The van der Waals surface area contributed by atoms with Crippen molar-refractivity contribution in [2.75, 3.05) is 11.9 Å². The van der Waals surface area contributed by atoms with Crippen molar-refractivity contribution in [1.82, 2.24) is 4.90 Å². The van der Waals surface area contributed by atoms with Crippen molar-refractivity contribution in [3.05, 3.63) is 56.1 Å². The van der Waals surface area contributed by atoms with Gasteiger partial charge in [-0.3, -0.25) is 19.3 Å². The van der Waals surface area contributed by atoms with E-state index in [1.807, 2.05) is 18.4 Å². The topological polar surface area (TPSA) is 66.5 Å². The molecule has 0 aliphatic carbocycles. The first kappa shape index (κ1) is 17.7. The van der Waals surface area contributed by atoms with Gasteiger partial charge in [0, 0.05) is 4.88 Å². The number of thiophene rings is 1. The van der Waals surface area contributed by atoms with Crippen LogP contribution in [0.3, 0.4) is 0 Å². The van der Waals surface area contributed by atoms with Crippen LogP contribution in [0, 0.1) is 6.92 Å². The maximum atomic E-state index is 12.4. The number of thioether (sulfide) groups is 1. The lowest BCUT2D eigenvalue weighted by molar-refractivity contribution is -0.127. The summed E-state index contributed by atoms with van der Waals surface area (Å²) in [5.74, 6) is -0.943.